The number of hydrogen-bond acceptors (Lipinski definition) is 4. The topological polar surface area (TPSA) is 50.5 Å². The van der Waals surface area contributed by atoms with Crippen molar-refractivity contribution in [1.29, 1.82) is 0 Å². The van der Waals surface area contributed by atoms with Crippen molar-refractivity contribution < 1.29 is 18.6 Å². The van der Waals surface area contributed by atoms with Gasteiger partial charge in [-0.05, 0) is 14.1 Å². The smallest absolute Gasteiger partial charge is 0.261 e. The van der Waals surface area contributed by atoms with Gasteiger partial charge in [-0.2, -0.15) is 5.10 Å². The van der Waals surface area contributed by atoms with Crippen molar-refractivity contribution in [2.75, 3.05) is 33.9 Å². The summed E-state index contributed by atoms with van der Waals surface area (Å²) >= 11 is 6.00. The number of nitrogens with zero attached hydrogens (tertiary/aromatic N) is 3. The summed E-state index contributed by atoms with van der Waals surface area (Å²) in [5.74, 6) is 0. The van der Waals surface area contributed by atoms with Crippen LogP contribution in [0.3, 0.4) is 0 Å². The van der Waals surface area contributed by atoms with E-state index in [9.17, 15) is 13.9 Å². The molecule has 0 aliphatic rings. The van der Waals surface area contributed by atoms with Gasteiger partial charge in [0.15, 0.2) is 0 Å². The van der Waals surface area contributed by atoms with Gasteiger partial charge in [-0.25, -0.2) is 8.78 Å². The van der Waals surface area contributed by atoms with Crippen LogP contribution in [0.4, 0.5) is 8.78 Å². The molecule has 0 fully saturated rings. The summed E-state index contributed by atoms with van der Waals surface area (Å²) in [7, 11) is 3.86. The quantitative estimate of drug-likeness (QED) is 0.707. The summed E-state index contributed by atoms with van der Waals surface area (Å²) in [6.45, 7) is 0.755. The highest BCUT2D eigenvalue weighted by Gasteiger charge is 2.18. The van der Waals surface area contributed by atoms with E-state index < -0.39 is 19.1 Å². The lowest BCUT2D eigenvalue weighted by Crippen LogP contribution is -2.21. The van der Waals surface area contributed by atoms with Crippen molar-refractivity contribution in [3.63, 3.8) is 0 Å². The average molecular weight is 312 g/mol. The Bertz CT molecular complexity index is 402. The third kappa shape index (κ3) is 5.70. The summed E-state index contributed by atoms with van der Waals surface area (Å²) < 4.78 is 30.2. The number of halogens is 3. The first-order chi connectivity index (χ1) is 9.41. The zero-order valence-electron chi connectivity index (χ0n) is 11.6. The molecule has 0 aliphatic heterocycles. The fourth-order valence-corrected chi connectivity index (χ4v) is 1.95. The van der Waals surface area contributed by atoms with Crippen molar-refractivity contribution in [3.8, 4) is 0 Å². The van der Waals surface area contributed by atoms with Crippen LogP contribution in [0.1, 0.15) is 18.2 Å². The molecular formula is C12H20ClF2N3O2. The zero-order chi connectivity index (χ0) is 15.1. The Labute approximate surface area is 122 Å². The maximum absolute atomic E-state index is 11.9. The van der Waals surface area contributed by atoms with Crippen molar-refractivity contribution in [2.24, 2.45) is 0 Å². The van der Waals surface area contributed by atoms with E-state index in [4.69, 9.17) is 16.3 Å². The van der Waals surface area contributed by atoms with Gasteiger partial charge in [-0.1, -0.05) is 11.6 Å². The first kappa shape index (κ1) is 17.3. The lowest BCUT2D eigenvalue weighted by Gasteiger charge is -2.16. The highest BCUT2D eigenvalue weighted by atomic mass is 35.5. The first-order valence-corrected chi connectivity index (χ1v) is 6.69. The molecule has 1 aromatic heterocycles. The summed E-state index contributed by atoms with van der Waals surface area (Å²) in [5.41, 5.74) is 0.495. The molecule has 20 heavy (non-hydrogen) atoms. The number of aliphatic hydroxyl groups is 1. The average Bonchev–Trinajstić information content (AvgIpc) is 2.73. The summed E-state index contributed by atoms with van der Waals surface area (Å²) in [5, 5.41) is 14.5. The molecule has 0 bridgehead atoms. The molecule has 5 nitrogen and oxygen atoms in total. The third-order valence-corrected chi connectivity index (χ3v) is 2.98. The molecule has 0 spiro atoms. The van der Waals surface area contributed by atoms with Gasteiger partial charge in [0, 0.05) is 19.6 Å². The third-order valence-electron chi connectivity index (χ3n) is 2.69. The summed E-state index contributed by atoms with van der Waals surface area (Å²) in [4.78, 5) is 1.98. The molecule has 1 atom stereocenters. The molecule has 0 amide bonds. The highest BCUT2D eigenvalue weighted by Crippen LogP contribution is 2.25. The predicted molar refractivity (Wildman–Crippen MR) is 72.2 cm³/mol. The van der Waals surface area contributed by atoms with Gasteiger partial charge in [0.25, 0.3) is 6.43 Å². The Hall–Kier alpha value is -0.760. The van der Waals surface area contributed by atoms with Gasteiger partial charge < -0.3 is 14.7 Å². The van der Waals surface area contributed by atoms with E-state index in [2.05, 4.69) is 5.10 Å². The minimum Gasteiger partial charge on any atom is -0.387 e. The number of rotatable bonds is 9. The molecule has 1 N–H and O–H groups in total. The number of likely N-dealkylation sites (N-methyl/N-ethyl adjacent to an activating group) is 1. The maximum atomic E-state index is 11.9. The van der Waals surface area contributed by atoms with Gasteiger partial charge in [0.1, 0.15) is 6.61 Å². The van der Waals surface area contributed by atoms with Crippen LogP contribution in [0.5, 0.6) is 0 Å². The molecular weight excluding hydrogens is 292 g/mol. The number of aromatic nitrogens is 2. The second-order valence-electron chi connectivity index (χ2n) is 4.67. The van der Waals surface area contributed by atoms with Crippen LogP contribution in [0.15, 0.2) is 6.20 Å². The molecule has 1 rings (SSSR count). The standard InChI is InChI=1S/C12H20ClF2N3O2/c1-17(2)4-5-18-12(9(13)7-16-18)10(19)3-6-20-8-11(14)15/h7,10-11,19H,3-6,8H2,1-2H3. The normalized spacial score (nSPS) is 13.4. The van der Waals surface area contributed by atoms with Crippen molar-refractivity contribution >= 4 is 11.6 Å². The van der Waals surface area contributed by atoms with Crippen LogP contribution in [-0.2, 0) is 11.3 Å². The van der Waals surface area contributed by atoms with Crippen LogP contribution in [0, 0.1) is 0 Å². The van der Waals surface area contributed by atoms with Crippen LogP contribution >= 0.6 is 11.6 Å². The number of alkyl halides is 2. The van der Waals surface area contributed by atoms with Crippen LogP contribution in [-0.4, -0.2) is 60.1 Å². The molecule has 1 heterocycles. The van der Waals surface area contributed by atoms with Crippen molar-refractivity contribution in [3.05, 3.63) is 16.9 Å². The van der Waals surface area contributed by atoms with Crippen LogP contribution in [0.25, 0.3) is 0 Å². The molecule has 1 aromatic rings. The van der Waals surface area contributed by atoms with Gasteiger partial charge in [-0.15, -0.1) is 0 Å². The van der Waals surface area contributed by atoms with E-state index in [0.717, 1.165) is 6.54 Å². The monoisotopic (exact) mass is 311 g/mol. The minimum absolute atomic E-state index is 0.0424. The molecule has 0 saturated heterocycles. The number of hydrogen-bond donors (Lipinski definition) is 1. The van der Waals surface area contributed by atoms with E-state index in [1.807, 2.05) is 19.0 Å². The Morgan fingerprint density at radius 3 is 2.80 bits per heavy atom. The highest BCUT2D eigenvalue weighted by molar-refractivity contribution is 6.31. The molecule has 8 heteroatoms. The lowest BCUT2D eigenvalue weighted by molar-refractivity contribution is 0.00392. The summed E-state index contributed by atoms with van der Waals surface area (Å²) in [6, 6.07) is 0. The van der Waals surface area contributed by atoms with E-state index in [-0.39, 0.29) is 13.0 Å². The molecule has 0 aliphatic carbocycles. The molecule has 0 radical (unpaired) electrons. The van der Waals surface area contributed by atoms with E-state index >= 15 is 0 Å². The molecule has 0 saturated carbocycles. The van der Waals surface area contributed by atoms with Crippen LogP contribution < -0.4 is 0 Å². The fourth-order valence-electron chi connectivity index (χ4n) is 1.68. The number of aliphatic hydroxyl groups excluding tert-OH is 1. The minimum atomic E-state index is -2.50. The van der Waals surface area contributed by atoms with Gasteiger partial charge in [-0.3, -0.25) is 4.68 Å². The Morgan fingerprint density at radius 1 is 1.50 bits per heavy atom. The lowest BCUT2D eigenvalue weighted by atomic mass is 10.2. The van der Waals surface area contributed by atoms with E-state index in [1.165, 1.54) is 6.20 Å². The molecule has 116 valence electrons. The Morgan fingerprint density at radius 2 is 2.20 bits per heavy atom. The van der Waals surface area contributed by atoms with Crippen LogP contribution in [0.2, 0.25) is 5.02 Å². The first-order valence-electron chi connectivity index (χ1n) is 6.31. The second kappa shape index (κ2) is 8.51. The SMILES string of the molecule is CN(C)CCn1ncc(Cl)c1C(O)CCOCC(F)F. The second-order valence-corrected chi connectivity index (χ2v) is 5.08. The van der Waals surface area contributed by atoms with Crippen molar-refractivity contribution in [1.82, 2.24) is 14.7 Å². The number of ether oxygens (including phenoxy) is 1. The van der Waals surface area contributed by atoms with Gasteiger partial charge in [0.05, 0.1) is 29.6 Å². The summed E-state index contributed by atoms with van der Waals surface area (Å²) in [6.07, 6.45) is -1.72. The largest absolute Gasteiger partial charge is 0.387 e. The Kier molecular flexibility index (Phi) is 7.36. The van der Waals surface area contributed by atoms with E-state index in [1.54, 1.807) is 4.68 Å². The van der Waals surface area contributed by atoms with Crippen molar-refractivity contribution in [2.45, 2.75) is 25.5 Å². The predicted octanol–water partition coefficient (Wildman–Crippen LogP) is 1.80. The maximum Gasteiger partial charge on any atom is 0.261 e. The molecule has 1 unspecified atom stereocenters. The van der Waals surface area contributed by atoms with E-state index in [0.29, 0.717) is 17.3 Å². The van der Waals surface area contributed by atoms with Gasteiger partial charge in [0.2, 0.25) is 0 Å². The fraction of sp³-hybridized carbons (Fsp3) is 0.750. The Balaban J connectivity index is 2.53. The zero-order valence-corrected chi connectivity index (χ0v) is 12.4. The molecule has 0 aromatic carbocycles. The van der Waals surface area contributed by atoms with Gasteiger partial charge >= 0.3 is 0 Å².